The highest BCUT2D eigenvalue weighted by Crippen LogP contribution is 2.13. The first-order chi connectivity index (χ1) is 11.3. The molecule has 2 aromatic rings. The number of nitrogens with two attached hydrogens (primary N) is 1. The number of anilines is 2. The Bertz CT molecular complexity index is 643. The predicted molar refractivity (Wildman–Crippen MR) is 106 cm³/mol. The van der Waals surface area contributed by atoms with E-state index in [2.05, 4.69) is 25.2 Å². The average Bonchev–Trinajstić information content (AvgIpc) is 2.62. The van der Waals surface area contributed by atoms with E-state index in [9.17, 15) is 0 Å². The quantitative estimate of drug-likeness (QED) is 0.429. The lowest BCUT2D eigenvalue weighted by Gasteiger charge is -2.27. The molecule has 0 unspecified atom stereocenters. The van der Waals surface area contributed by atoms with E-state index in [0.717, 1.165) is 37.7 Å². The van der Waals surface area contributed by atoms with E-state index in [1.165, 1.54) is 0 Å². The Labute approximate surface area is 158 Å². The van der Waals surface area contributed by atoms with Crippen molar-refractivity contribution in [3.05, 3.63) is 48.3 Å². The molecule has 3 heterocycles. The number of ether oxygens (including phenoxy) is 1. The number of aliphatic imine (C=N–C) groups is 1. The molecule has 0 atom stereocenters. The van der Waals surface area contributed by atoms with Crippen LogP contribution < -0.4 is 16.0 Å². The van der Waals surface area contributed by atoms with Crippen LogP contribution in [-0.4, -0.2) is 42.2 Å². The van der Waals surface area contributed by atoms with Crippen molar-refractivity contribution in [1.29, 1.82) is 0 Å². The number of halogens is 1. The SMILES string of the molecule is I.NC(=NCc1ccc(N2CCOCC2)nc1)Nc1ccccn1. The Kier molecular flexibility index (Phi) is 7.19. The average molecular weight is 440 g/mol. The van der Waals surface area contributed by atoms with Gasteiger partial charge < -0.3 is 20.7 Å². The number of pyridine rings is 2. The maximum atomic E-state index is 5.86. The van der Waals surface area contributed by atoms with Crippen molar-refractivity contribution in [2.24, 2.45) is 10.7 Å². The lowest BCUT2D eigenvalue weighted by molar-refractivity contribution is 0.122. The van der Waals surface area contributed by atoms with Crippen molar-refractivity contribution in [2.75, 3.05) is 36.5 Å². The summed E-state index contributed by atoms with van der Waals surface area (Å²) in [7, 11) is 0. The summed E-state index contributed by atoms with van der Waals surface area (Å²) in [6, 6.07) is 9.60. The second kappa shape index (κ2) is 9.38. The van der Waals surface area contributed by atoms with Crippen LogP contribution in [0, 0.1) is 0 Å². The molecule has 0 spiro atoms. The minimum Gasteiger partial charge on any atom is -0.378 e. The topological polar surface area (TPSA) is 88.7 Å². The normalized spacial score (nSPS) is 14.8. The fraction of sp³-hybridized carbons (Fsp3) is 0.312. The molecule has 0 radical (unpaired) electrons. The lowest BCUT2D eigenvalue weighted by atomic mass is 10.2. The largest absolute Gasteiger partial charge is 0.378 e. The third-order valence-corrected chi connectivity index (χ3v) is 3.50. The van der Waals surface area contributed by atoms with Crippen LogP contribution in [0.15, 0.2) is 47.7 Å². The first kappa shape index (κ1) is 18.4. The number of hydrogen-bond donors (Lipinski definition) is 2. The van der Waals surface area contributed by atoms with Gasteiger partial charge in [0.2, 0.25) is 0 Å². The standard InChI is InChI=1S/C16H20N6O.HI/c17-16(21-14-3-1-2-6-18-14)20-12-13-4-5-15(19-11-13)22-7-9-23-10-8-22;/h1-6,11H,7-10,12H2,(H3,17,18,20,21);1H. The van der Waals surface area contributed by atoms with Crippen molar-refractivity contribution >= 4 is 41.6 Å². The fourth-order valence-electron chi connectivity index (χ4n) is 2.27. The molecule has 24 heavy (non-hydrogen) atoms. The van der Waals surface area contributed by atoms with Gasteiger partial charge in [-0.15, -0.1) is 24.0 Å². The second-order valence-corrected chi connectivity index (χ2v) is 5.17. The summed E-state index contributed by atoms with van der Waals surface area (Å²) in [6.07, 6.45) is 3.53. The third kappa shape index (κ3) is 5.31. The summed E-state index contributed by atoms with van der Waals surface area (Å²) >= 11 is 0. The Balaban J connectivity index is 0.00000208. The van der Waals surface area contributed by atoms with Gasteiger partial charge in [-0.25, -0.2) is 15.0 Å². The molecule has 1 fully saturated rings. The van der Waals surface area contributed by atoms with E-state index in [0.29, 0.717) is 18.3 Å². The van der Waals surface area contributed by atoms with Gasteiger partial charge >= 0.3 is 0 Å². The molecule has 0 aromatic carbocycles. The van der Waals surface area contributed by atoms with Crippen molar-refractivity contribution in [1.82, 2.24) is 9.97 Å². The van der Waals surface area contributed by atoms with E-state index in [4.69, 9.17) is 10.5 Å². The van der Waals surface area contributed by atoms with Gasteiger partial charge in [-0.3, -0.25) is 0 Å². The summed E-state index contributed by atoms with van der Waals surface area (Å²) < 4.78 is 5.35. The summed E-state index contributed by atoms with van der Waals surface area (Å²) in [6.45, 7) is 3.74. The molecule has 0 bridgehead atoms. The Morgan fingerprint density at radius 1 is 1.21 bits per heavy atom. The minimum atomic E-state index is 0. The molecule has 1 saturated heterocycles. The number of aromatic nitrogens is 2. The van der Waals surface area contributed by atoms with Gasteiger partial charge in [0.1, 0.15) is 11.6 Å². The van der Waals surface area contributed by atoms with Crippen molar-refractivity contribution in [3.8, 4) is 0 Å². The summed E-state index contributed by atoms with van der Waals surface area (Å²) in [5.74, 6) is 1.98. The van der Waals surface area contributed by atoms with Gasteiger partial charge in [0.15, 0.2) is 5.96 Å². The number of nitrogens with zero attached hydrogens (tertiary/aromatic N) is 4. The lowest BCUT2D eigenvalue weighted by Crippen LogP contribution is -2.36. The first-order valence-corrected chi connectivity index (χ1v) is 7.57. The van der Waals surface area contributed by atoms with E-state index in [-0.39, 0.29) is 24.0 Å². The van der Waals surface area contributed by atoms with Crippen LogP contribution in [0.5, 0.6) is 0 Å². The molecule has 1 aliphatic heterocycles. The molecule has 1 aliphatic rings. The number of guanidine groups is 1. The molecule has 0 amide bonds. The first-order valence-electron chi connectivity index (χ1n) is 7.57. The molecule has 3 N–H and O–H groups in total. The van der Waals surface area contributed by atoms with Crippen LogP contribution in [0.4, 0.5) is 11.6 Å². The zero-order chi connectivity index (χ0) is 15.9. The van der Waals surface area contributed by atoms with Gasteiger partial charge in [-0.2, -0.15) is 0 Å². The molecule has 128 valence electrons. The highest BCUT2D eigenvalue weighted by molar-refractivity contribution is 14.0. The van der Waals surface area contributed by atoms with E-state index in [1.54, 1.807) is 6.20 Å². The van der Waals surface area contributed by atoms with Gasteiger partial charge in [0.05, 0.1) is 19.8 Å². The van der Waals surface area contributed by atoms with Crippen LogP contribution in [0.25, 0.3) is 0 Å². The second-order valence-electron chi connectivity index (χ2n) is 5.17. The predicted octanol–water partition coefficient (Wildman–Crippen LogP) is 1.86. The monoisotopic (exact) mass is 440 g/mol. The Hall–Kier alpha value is -1.94. The number of nitrogens with one attached hydrogen (secondary N) is 1. The van der Waals surface area contributed by atoms with Crippen LogP contribution in [0.3, 0.4) is 0 Å². The van der Waals surface area contributed by atoms with Crippen LogP contribution in [-0.2, 0) is 11.3 Å². The highest BCUT2D eigenvalue weighted by atomic mass is 127. The van der Waals surface area contributed by atoms with Crippen LogP contribution in [0.2, 0.25) is 0 Å². The van der Waals surface area contributed by atoms with Crippen molar-refractivity contribution in [3.63, 3.8) is 0 Å². The minimum absolute atomic E-state index is 0. The van der Waals surface area contributed by atoms with E-state index < -0.39 is 0 Å². The number of morpholine rings is 1. The van der Waals surface area contributed by atoms with Gasteiger partial charge in [0, 0.05) is 25.5 Å². The zero-order valence-electron chi connectivity index (χ0n) is 13.3. The Morgan fingerprint density at radius 3 is 2.71 bits per heavy atom. The Morgan fingerprint density at radius 2 is 2.04 bits per heavy atom. The zero-order valence-corrected chi connectivity index (χ0v) is 15.6. The van der Waals surface area contributed by atoms with Crippen LogP contribution >= 0.6 is 24.0 Å². The molecule has 0 saturated carbocycles. The van der Waals surface area contributed by atoms with Gasteiger partial charge in [0.25, 0.3) is 0 Å². The number of hydrogen-bond acceptors (Lipinski definition) is 5. The van der Waals surface area contributed by atoms with Gasteiger partial charge in [-0.05, 0) is 23.8 Å². The molecular weight excluding hydrogens is 419 g/mol. The smallest absolute Gasteiger partial charge is 0.194 e. The third-order valence-electron chi connectivity index (χ3n) is 3.50. The summed E-state index contributed by atoms with van der Waals surface area (Å²) in [5, 5.41) is 2.95. The van der Waals surface area contributed by atoms with Crippen molar-refractivity contribution in [2.45, 2.75) is 6.54 Å². The maximum absolute atomic E-state index is 5.86. The molecule has 2 aromatic heterocycles. The molecule has 7 nitrogen and oxygen atoms in total. The van der Waals surface area contributed by atoms with Gasteiger partial charge in [-0.1, -0.05) is 12.1 Å². The summed E-state index contributed by atoms with van der Waals surface area (Å²) in [4.78, 5) is 15.1. The number of rotatable bonds is 4. The molecular formula is C16H21IN6O. The highest BCUT2D eigenvalue weighted by Gasteiger charge is 2.11. The molecule has 8 heteroatoms. The molecule has 0 aliphatic carbocycles. The fourth-order valence-corrected chi connectivity index (χ4v) is 2.27. The van der Waals surface area contributed by atoms with Crippen molar-refractivity contribution < 1.29 is 4.74 Å². The van der Waals surface area contributed by atoms with E-state index >= 15 is 0 Å². The molecule has 3 rings (SSSR count). The maximum Gasteiger partial charge on any atom is 0.194 e. The van der Waals surface area contributed by atoms with Crippen LogP contribution in [0.1, 0.15) is 5.56 Å². The van der Waals surface area contributed by atoms with E-state index in [1.807, 2.05) is 36.5 Å². The summed E-state index contributed by atoms with van der Waals surface area (Å²) in [5.41, 5.74) is 6.86.